The molecule has 0 spiro atoms. The predicted molar refractivity (Wildman–Crippen MR) is 126 cm³/mol. The minimum absolute atomic E-state index is 0.161. The maximum Gasteiger partial charge on any atom is 0.416 e. The highest BCUT2D eigenvalue weighted by Crippen LogP contribution is 2.32. The van der Waals surface area contributed by atoms with Crippen LogP contribution in [0.4, 0.5) is 29.5 Å². The van der Waals surface area contributed by atoms with Gasteiger partial charge in [-0.15, -0.1) is 0 Å². The first kappa shape index (κ1) is 23.5. The van der Waals surface area contributed by atoms with E-state index in [2.05, 4.69) is 15.3 Å². The number of hydrogen-bond acceptors (Lipinski definition) is 4. The number of alkyl halides is 3. The zero-order chi connectivity index (χ0) is 24.5. The van der Waals surface area contributed by atoms with E-state index in [0.717, 1.165) is 28.9 Å². The second kappa shape index (κ2) is 9.32. The number of carbonyl (C=O) groups is 1. The Balaban J connectivity index is 1.45. The summed E-state index contributed by atoms with van der Waals surface area (Å²) in [5.74, 6) is 0.880. The fraction of sp³-hybridized carbons (Fsp3) is 0.320. The van der Waals surface area contributed by atoms with Crippen molar-refractivity contribution in [1.82, 2.24) is 14.9 Å². The second-order valence-electron chi connectivity index (χ2n) is 8.47. The van der Waals surface area contributed by atoms with Crippen LogP contribution in [0, 0.1) is 20.8 Å². The number of nitrogens with zero attached hydrogens (tertiary/aromatic N) is 4. The van der Waals surface area contributed by atoms with Crippen molar-refractivity contribution < 1.29 is 18.0 Å². The van der Waals surface area contributed by atoms with Gasteiger partial charge in [-0.2, -0.15) is 13.2 Å². The Bertz CT molecular complexity index is 1200. The molecule has 1 saturated heterocycles. The van der Waals surface area contributed by atoms with Crippen molar-refractivity contribution in [3.8, 4) is 11.4 Å². The molecule has 0 aliphatic carbocycles. The maximum absolute atomic E-state index is 13.1. The summed E-state index contributed by atoms with van der Waals surface area (Å²) in [6.45, 7) is 7.92. The highest BCUT2D eigenvalue weighted by molar-refractivity contribution is 5.89. The average Bonchev–Trinajstić information content (AvgIpc) is 2.81. The molecule has 34 heavy (non-hydrogen) atoms. The number of aryl methyl sites for hydroxylation is 3. The van der Waals surface area contributed by atoms with Gasteiger partial charge < -0.3 is 15.1 Å². The SMILES string of the molecule is Cc1cc(N2CCN(C(=O)Nc3ccc(C)c(C)c3)CC2)nc(-c2cccc(C(F)(F)F)c2)n1. The Morgan fingerprint density at radius 1 is 0.912 bits per heavy atom. The highest BCUT2D eigenvalue weighted by Gasteiger charge is 2.31. The van der Waals surface area contributed by atoms with E-state index >= 15 is 0 Å². The van der Waals surface area contributed by atoms with Gasteiger partial charge >= 0.3 is 12.2 Å². The lowest BCUT2D eigenvalue weighted by Crippen LogP contribution is -2.50. The number of rotatable bonds is 3. The van der Waals surface area contributed by atoms with Crippen LogP contribution in [-0.2, 0) is 6.18 Å². The van der Waals surface area contributed by atoms with Gasteiger partial charge in [-0.3, -0.25) is 0 Å². The summed E-state index contributed by atoms with van der Waals surface area (Å²) in [6.07, 6.45) is -4.43. The lowest BCUT2D eigenvalue weighted by molar-refractivity contribution is -0.137. The summed E-state index contributed by atoms with van der Waals surface area (Å²) in [5, 5.41) is 2.94. The van der Waals surface area contributed by atoms with Crippen LogP contribution in [-0.4, -0.2) is 47.1 Å². The first-order valence-electron chi connectivity index (χ1n) is 11.0. The van der Waals surface area contributed by atoms with Gasteiger partial charge in [0.05, 0.1) is 5.56 Å². The topological polar surface area (TPSA) is 61.4 Å². The molecule has 9 heteroatoms. The molecule has 0 atom stereocenters. The van der Waals surface area contributed by atoms with Gasteiger partial charge in [-0.25, -0.2) is 14.8 Å². The van der Waals surface area contributed by atoms with Crippen molar-refractivity contribution in [2.45, 2.75) is 26.9 Å². The average molecular weight is 470 g/mol. The van der Waals surface area contributed by atoms with E-state index in [4.69, 9.17) is 0 Å². The zero-order valence-corrected chi connectivity index (χ0v) is 19.3. The first-order chi connectivity index (χ1) is 16.1. The Labute approximate surface area is 196 Å². The van der Waals surface area contributed by atoms with Gasteiger partial charge in [-0.05, 0) is 56.2 Å². The lowest BCUT2D eigenvalue weighted by Gasteiger charge is -2.35. The number of hydrogen-bond donors (Lipinski definition) is 1. The van der Waals surface area contributed by atoms with E-state index in [9.17, 15) is 18.0 Å². The Morgan fingerprint density at radius 3 is 2.32 bits per heavy atom. The van der Waals surface area contributed by atoms with Crippen LogP contribution >= 0.6 is 0 Å². The Kier molecular flexibility index (Phi) is 6.45. The number of nitrogens with one attached hydrogen (secondary N) is 1. The third-order valence-corrected chi connectivity index (χ3v) is 5.94. The van der Waals surface area contributed by atoms with Crippen LogP contribution in [0.15, 0.2) is 48.5 Å². The predicted octanol–water partition coefficient (Wildman–Crippen LogP) is 5.44. The van der Waals surface area contributed by atoms with E-state index in [-0.39, 0.29) is 11.9 Å². The molecule has 3 aromatic rings. The normalized spacial score (nSPS) is 14.3. The van der Waals surface area contributed by atoms with Gasteiger partial charge in [0.2, 0.25) is 0 Å². The molecule has 1 N–H and O–H groups in total. The van der Waals surface area contributed by atoms with Gasteiger partial charge in [0.25, 0.3) is 0 Å². The molecule has 1 fully saturated rings. The largest absolute Gasteiger partial charge is 0.416 e. The van der Waals surface area contributed by atoms with Crippen LogP contribution in [0.5, 0.6) is 0 Å². The van der Waals surface area contributed by atoms with Gasteiger partial charge in [0.1, 0.15) is 5.82 Å². The number of piperazine rings is 1. The van der Waals surface area contributed by atoms with Crippen LogP contribution in [0.2, 0.25) is 0 Å². The molecule has 0 unspecified atom stereocenters. The van der Waals surface area contributed by atoms with E-state index in [1.54, 1.807) is 17.9 Å². The molecule has 0 bridgehead atoms. The molecule has 1 aliphatic rings. The van der Waals surface area contributed by atoms with Crippen LogP contribution in [0.1, 0.15) is 22.4 Å². The minimum atomic E-state index is -4.43. The minimum Gasteiger partial charge on any atom is -0.353 e. The highest BCUT2D eigenvalue weighted by atomic mass is 19.4. The van der Waals surface area contributed by atoms with Crippen LogP contribution in [0.3, 0.4) is 0 Å². The van der Waals surface area contributed by atoms with E-state index in [1.807, 2.05) is 43.0 Å². The molecular formula is C25H26F3N5O. The summed E-state index contributed by atoms with van der Waals surface area (Å²) in [4.78, 5) is 25.3. The van der Waals surface area contributed by atoms with Gasteiger partial charge in [0, 0.05) is 49.2 Å². The summed E-state index contributed by atoms with van der Waals surface area (Å²) in [6, 6.07) is 12.5. The number of carbonyl (C=O) groups excluding carboxylic acids is 1. The smallest absolute Gasteiger partial charge is 0.353 e. The first-order valence-corrected chi connectivity index (χ1v) is 11.0. The van der Waals surface area contributed by atoms with Crippen molar-refractivity contribution in [2.75, 3.05) is 36.4 Å². The quantitative estimate of drug-likeness (QED) is 0.555. The maximum atomic E-state index is 13.1. The van der Waals surface area contributed by atoms with E-state index in [1.165, 1.54) is 6.07 Å². The van der Waals surface area contributed by atoms with Crippen molar-refractivity contribution >= 4 is 17.5 Å². The Hall–Kier alpha value is -3.62. The van der Waals surface area contributed by atoms with Crippen molar-refractivity contribution in [3.05, 3.63) is 70.9 Å². The van der Waals surface area contributed by atoms with Crippen LogP contribution < -0.4 is 10.2 Å². The van der Waals surface area contributed by atoms with Crippen molar-refractivity contribution in [1.29, 1.82) is 0 Å². The zero-order valence-electron chi connectivity index (χ0n) is 19.3. The van der Waals surface area contributed by atoms with Crippen molar-refractivity contribution in [2.24, 2.45) is 0 Å². The fourth-order valence-electron chi connectivity index (χ4n) is 3.84. The number of anilines is 2. The lowest BCUT2D eigenvalue weighted by atomic mass is 10.1. The van der Waals surface area contributed by atoms with E-state index < -0.39 is 11.7 Å². The van der Waals surface area contributed by atoms with Crippen LogP contribution in [0.25, 0.3) is 11.4 Å². The number of halogens is 3. The molecule has 6 nitrogen and oxygen atoms in total. The summed E-state index contributed by atoms with van der Waals surface area (Å²) in [5.41, 5.74) is 3.26. The molecule has 2 amide bonds. The monoisotopic (exact) mass is 469 g/mol. The molecule has 1 aliphatic heterocycles. The molecular weight excluding hydrogens is 443 g/mol. The van der Waals surface area contributed by atoms with Crippen molar-refractivity contribution in [3.63, 3.8) is 0 Å². The Morgan fingerprint density at radius 2 is 1.65 bits per heavy atom. The number of urea groups is 1. The molecule has 2 heterocycles. The summed E-state index contributed by atoms with van der Waals surface area (Å²) >= 11 is 0. The molecule has 178 valence electrons. The van der Waals surface area contributed by atoms with Gasteiger partial charge in [0.15, 0.2) is 5.82 Å². The summed E-state index contributed by atoms with van der Waals surface area (Å²) in [7, 11) is 0. The number of benzene rings is 2. The standard InChI is InChI=1S/C25H26F3N5O/c1-16-7-8-21(13-17(16)2)30-24(34)33-11-9-32(10-12-33)22-14-18(3)29-23(31-22)19-5-4-6-20(15-19)25(26,27)28/h4-8,13-15H,9-12H2,1-3H3,(H,30,34). The second-order valence-corrected chi connectivity index (χ2v) is 8.47. The number of amides is 2. The molecule has 1 aromatic heterocycles. The molecule has 4 rings (SSSR count). The third kappa shape index (κ3) is 5.30. The summed E-state index contributed by atoms with van der Waals surface area (Å²) < 4.78 is 39.4. The molecule has 2 aromatic carbocycles. The fourth-order valence-corrected chi connectivity index (χ4v) is 3.84. The molecule has 0 saturated carbocycles. The third-order valence-electron chi connectivity index (χ3n) is 5.94. The van der Waals surface area contributed by atoms with Gasteiger partial charge in [-0.1, -0.05) is 18.2 Å². The number of aromatic nitrogens is 2. The van der Waals surface area contributed by atoms with E-state index in [0.29, 0.717) is 43.3 Å². The molecule has 0 radical (unpaired) electrons.